The molecule has 3 rings (SSSR count). The number of rotatable bonds is 4. The van der Waals surface area contributed by atoms with Gasteiger partial charge >= 0.3 is 6.18 Å². The second kappa shape index (κ2) is 6.03. The van der Waals surface area contributed by atoms with E-state index in [4.69, 9.17) is 9.47 Å². The van der Waals surface area contributed by atoms with E-state index in [-0.39, 0.29) is 23.6 Å². The van der Waals surface area contributed by atoms with E-state index in [2.05, 4.69) is 0 Å². The fraction of sp³-hybridized carbons (Fsp3) is 0.562. The van der Waals surface area contributed by atoms with E-state index < -0.39 is 24.5 Å². The summed E-state index contributed by atoms with van der Waals surface area (Å²) in [5, 5.41) is 0. The van der Waals surface area contributed by atoms with Gasteiger partial charge in [-0.25, -0.2) is 0 Å². The van der Waals surface area contributed by atoms with Gasteiger partial charge in [0, 0.05) is 0 Å². The summed E-state index contributed by atoms with van der Waals surface area (Å²) in [5.74, 6) is -0.811. The molecule has 2 aliphatic rings. The number of carbonyl (C=O) groups is 1. The van der Waals surface area contributed by atoms with Crippen LogP contribution in [0.4, 0.5) is 18.9 Å². The Bertz CT molecular complexity index is 590. The summed E-state index contributed by atoms with van der Waals surface area (Å²) in [6, 6.07) is 6.25. The number of alkyl halides is 3. The fourth-order valence-electron chi connectivity index (χ4n) is 3.41. The van der Waals surface area contributed by atoms with Crippen LogP contribution in [0.25, 0.3) is 0 Å². The zero-order chi connectivity index (χ0) is 16.6. The number of benzene rings is 1. The Morgan fingerprint density at radius 1 is 1.35 bits per heavy atom. The number of carbonyl (C=O) groups excluding carboxylic acids is 1. The largest absolute Gasteiger partial charge is 0.495 e. The molecular weight excluding hydrogens is 311 g/mol. The van der Waals surface area contributed by atoms with Crippen molar-refractivity contribution in [3.05, 3.63) is 24.3 Å². The van der Waals surface area contributed by atoms with Crippen molar-refractivity contribution < 1.29 is 27.4 Å². The molecule has 0 saturated carbocycles. The SMILES string of the molecule is COc1ccccc1N(CC(F)(F)F)C(=O)[C@H]1C[C@H]2CC[C@H]1O2. The molecule has 0 aromatic heterocycles. The molecule has 3 atom stereocenters. The Labute approximate surface area is 132 Å². The van der Waals surface area contributed by atoms with E-state index in [0.717, 1.165) is 17.7 Å². The molecule has 23 heavy (non-hydrogen) atoms. The second-order valence-electron chi connectivity index (χ2n) is 5.93. The van der Waals surface area contributed by atoms with Crippen molar-refractivity contribution in [1.29, 1.82) is 0 Å². The minimum absolute atomic E-state index is 0.000597. The van der Waals surface area contributed by atoms with Crippen LogP contribution in [0.2, 0.25) is 0 Å². The lowest BCUT2D eigenvalue weighted by Crippen LogP contribution is -2.45. The number of amides is 1. The standard InChI is InChI=1S/C16H18F3NO3/c1-22-14-5-3-2-4-12(14)20(9-16(17,18)19)15(21)11-8-10-6-7-13(11)23-10/h2-5,10-11,13H,6-9H2,1H3/t10-,11+,13-/m1/s1. The van der Waals surface area contributed by atoms with Crippen LogP contribution in [0, 0.1) is 5.92 Å². The molecule has 2 aliphatic heterocycles. The number of hydrogen-bond acceptors (Lipinski definition) is 3. The molecule has 126 valence electrons. The molecule has 0 radical (unpaired) electrons. The molecule has 1 amide bonds. The van der Waals surface area contributed by atoms with Crippen LogP contribution >= 0.6 is 0 Å². The van der Waals surface area contributed by atoms with Crippen molar-refractivity contribution in [2.45, 2.75) is 37.6 Å². The lowest BCUT2D eigenvalue weighted by molar-refractivity contribution is -0.135. The Balaban J connectivity index is 1.90. The summed E-state index contributed by atoms with van der Waals surface area (Å²) in [7, 11) is 1.37. The van der Waals surface area contributed by atoms with Gasteiger partial charge < -0.3 is 9.47 Å². The number of fused-ring (bicyclic) bond motifs is 2. The van der Waals surface area contributed by atoms with Crippen LogP contribution in [0.3, 0.4) is 0 Å². The lowest BCUT2D eigenvalue weighted by atomic mass is 9.88. The number of anilines is 1. The zero-order valence-corrected chi connectivity index (χ0v) is 12.7. The molecule has 0 spiro atoms. The Kier molecular flexibility index (Phi) is 4.23. The van der Waals surface area contributed by atoms with Crippen LogP contribution in [0.1, 0.15) is 19.3 Å². The molecule has 7 heteroatoms. The first kappa shape index (κ1) is 16.1. The molecule has 4 nitrogen and oxygen atoms in total. The predicted octanol–water partition coefficient (Wildman–Crippen LogP) is 3.16. The molecule has 2 bridgehead atoms. The molecule has 2 heterocycles. The number of hydrogen-bond donors (Lipinski definition) is 0. The maximum absolute atomic E-state index is 13.0. The highest BCUT2D eigenvalue weighted by Gasteiger charge is 2.47. The second-order valence-corrected chi connectivity index (χ2v) is 5.93. The number of halogens is 3. The first-order valence-electron chi connectivity index (χ1n) is 7.55. The first-order chi connectivity index (χ1) is 10.9. The topological polar surface area (TPSA) is 38.8 Å². The molecule has 2 saturated heterocycles. The Hall–Kier alpha value is -1.76. The monoisotopic (exact) mass is 329 g/mol. The van der Waals surface area contributed by atoms with E-state index in [1.165, 1.54) is 13.2 Å². The van der Waals surface area contributed by atoms with E-state index in [1.807, 2.05) is 0 Å². The van der Waals surface area contributed by atoms with E-state index in [9.17, 15) is 18.0 Å². The third-order valence-electron chi connectivity index (χ3n) is 4.40. The normalized spacial score (nSPS) is 26.3. The minimum atomic E-state index is -4.49. The summed E-state index contributed by atoms with van der Waals surface area (Å²) >= 11 is 0. The number of nitrogens with zero attached hydrogens (tertiary/aromatic N) is 1. The highest BCUT2D eigenvalue weighted by atomic mass is 19.4. The average molecular weight is 329 g/mol. The van der Waals surface area contributed by atoms with Gasteiger partial charge in [0.05, 0.1) is 30.9 Å². The summed E-state index contributed by atoms with van der Waals surface area (Å²) in [6.45, 7) is -1.33. The molecule has 1 aromatic carbocycles. The fourth-order valence-corrected chi connectivity index (χ4v) is 3.41. The zero-order valence-electron chi connectivity index (χ0n) is 12.7. The maximum Gasteiger partial charge on any atom is 0.406 e. The molecule has 1 aromatic rings. The summed E-state index contributed by atoms with van der Waals surface area (Å²) in [5.41, 5.74) is 0.139. The molecule has 0 aliphatic carbocycles. The third kappa shape index (κ3) is 3.29. The van der Waals surface area contributed by atoms with Gasteiger partial charge in [-0.05, 0) is 31.4 Å². The van der Waals surface area contributed by atoms with Gasteiger partial charge in [-0.3, -0.25) is 9.69 Å². The van der Waals surface area contributed by atoms with Crippen molar-refractivity contribution in [1.82, 2.24) is 0 Å². The average Bonchev–Trinajstić information content (AvgIpc) is 3.14. The lowest BCUT2D eigenvalue weighted by Gasteiger charge is -2.30. The van der Waals surface area contributed by atoms with Gasteiger partial charge in [-0.15, -0.1) is 0 Å². The van der Waals surface area contributed by atoms with Crippen LogP contribution in [0.15, 0.2) is 24.3 Å². The van der Waals surface area contributed by atoms with E-state index >= 15 is 0 Å². The van der Waals surface area contributed by atoms with Crippen molar-refractivity contribution in [2.24, 2.45) is 5.92 Å². The van der Waals surface area contributed by atoms with Gasteiger partial charge in [0.2, 0.25) is 5.91 Å². The van der Waals surface area contributed by atoms with Gasteiger partial charge in [-0.1, -0.05) is 12.1 Å². The summed E-state index contributed by atoms with van der Waals surface area (Å²) in [4.78, 5) is 13.6. The summed E-state index contributed by atoms with van der Waals surface area (Å²) in [6.07, 6.45) is -2.66. The van der Waals surface area contributed by atoms with Gasteiger partial charge in [0.15, 0.2) is 0 Å². The molecule has 0 N–H and O–H groups in total. The molecule has 2 fully saturated rings. The van der Waals surface area contributed by atoms with Crippen molar-refractivity contribution in [2.75, 3.05) is 18.6 Å². The van der Waals surface area contributed by atoms with E-state index in [0.29, 0.717) is 6.42 Å². The van der Waals surface area contributed by atoms with Gasteiger partial charge in [0.1, 0.15) is 12.3 Å². The van der Waals surface area contributed by atoms with Crippen LogP contribution in [0.5, 0.6) is 5.75 Å². The quantitative estimate of drug-likeness (QED) is 0.852. The van der Waals surface area contributed by atoms with Crippen LogP contribution in [-0.4, -0.2) is 37.9 Å². The smallest absolute Gasteiger partial charge is 0.406 e. The Morgan fingerprint density at radius 3 is 2.65 bits per heavy atom. The van der Waals surface area contributed by atoms with Gasteiger partial charge in [0.25, 0.3) is 0 Å². The third-order valence-corrected chi connectivity index (χ3v) is 4.40. The number of methoxy groups -OCH3 is 1. The first-order valence-corrected chi connectivity index (χ1v) is 7.55. The number of ether oxygens (including phenoxy) is 2. The highest BCUT2D eigenvalue weighted by Crippen LogP contribution is 2.41. The van der Waals surface area contributed by atoms with Crippen LogP contribution in [-0.2, 0) is 9.53 Å². The van der Waals surface area contributed by atoms with Crippen molar-refractivity contribution in [3.63, 3.8) is 0 Å². The van der Waals surface area contributed by atoms with Crippen LogP contribution < -0.4 is 9.64 Å². The predicted molar refractivity (Wildman–Crippen MR) is 77.4 cm³/mol. The number of para-hydroxylation sites is 2. The maximum atomic E-state index is 13.0. The highest BCUT2D eigenvalue weighted by molar-refractivity contribution is 5.97. The summed E-state index contributed by atoms with van der Waals surface area (Å²) < 4.78 is 49.7. The van der Waals surface area contributed by atoms with Gasteiger partial charge in [-0.2, -0.15) is 13.2 Å². The Morgan fingerprint density at radius 2 is 2.09 bits per heavy atom. The van der Waals surface area contributed by atoms with Crippen molar-refractivity contribution in [3.8, 4) is 5.75 Å². The minimum Gasteiger partial charge on any atom is -0.495 e. The van der Waals surface area contributed by atoms with E-state index in [1.54, 1.807) is 18.2 Å². The molecule has 0 unspecified atom stereocenters. The molecular formula is C16H18F3NO3. The van der Waals surface area contributed by atoms with Crippen molar-refractivity contribution >= 4 is 11.6 Å².